The molecular weight excluding hydrogens is 549 g/mol. The number of fused-ring (bicyclic) bond motifs is 1. The summed E-state index contributed by atoms with van der Waals surface area (Å²) in [6, 6.07) is 18.8. The van der Waals surface area contributed by atoms with Gasteiger partial charge in [0.15, 0.2) is 0 Å². The van der Waals surface area contributed by atoms with Gasteiger partial charge in [-0.15, -0.1) is 0 Å². The maximum Gasteiger partial charge on any atom is 0.269 e. The molecule has 1 aliphatic heterocycles. The van der Waals surface area contributed by atoms with Crippen LogP contribution in [0.2, 0.25) is 10.0 Å². The van der Waals surface area contributed by atoms with Crippen molar-refractivity contribution < 1.29 is 22.8 Å². The van der Waals surface area contributed by atoms with E-state index in [1.807, 2.05) is 30.3 Å². The topological polar surface area (TPSA) is 104 Å². The van der Waals surface area contributed by atoms with Crippen LogP contribution in [0.25, 0.3) is 0 Å². The summed E-state index contributed by atoms with van der Waals surface area (Å²) in [4.78, 5) is 41.2. The summed E-state index contributed by atoms with van der Waals surface area (Å²) in [5.74, 6) is -1.92. The predicted molar refractivity (Wildman–Crippen MR) is 144 cm³/mol. The van der Waals surface area contributed by atoms with Gasteiger partial charge in [0.1, 0.15) is 17.5 Å². The summed E-state index contributed by atoms with van der Waals surface area (Å²) in [6.07, 6.45) is 0.167. The van der Waals surface area contributed by atoms with Crippen LogP contribution in [0.3, 0.4) is 0 Å². The van der Waals surface area contributed by atoms with Crippen molar-refractivity contribution in [2.75, 3.05) is 13.1 Å². The average Bonchev–Trinajstić information content (AvgIpc) is 3.09. The number of nitrogens with one attached hydrogen (secondary N) is 1. The van der Waals surface area contributed by atoms with Gasteiger partial charge in [-0.25, -0.2) is 12.7 Å². The molecule has 4 rings (SSSR count). The minimum Gasteiger partial charge on any atom is -0.355 e. The van der Waals surface area contributed by atoms with Gasteiger partial charge in [-0.05, 0) is 42.3 Å². The first kappa shape index (κ1) is 27.6. The monoisotopic (exact) mass is 573 g/mol. The fourth-order valence-corrected chi connectivity index (χ4v) is 6.12. The van der Waals surface area contributed by atoms with Gasteiger partial charge < -0.3 is 10.2 Å². The number of halogens is 2. The number of carbonyl (C=O) groups excluding carboxylic acids is 3. The molecule has 0 fully saturated rings. The summed E-state index contributed by atoms with van der Waals surface area (Å²) < 4.78 is 26.8. The number of carbonyl (C=O) groups is 3. The van der Waals surface area contributed by atoms with Crippen molar-refractivity contribution in [3.63, 3.8) is 0 Å². The Morgan fingerprint density at radius 2 is 1.63 bits per heavy atom. The normalized spacial score (nSPS) is 14.6. The second-order valence-electron chi connectivity index (χ2n) is 8.68. The molecule has 1 aliphatic rings. The van der Waals surface area contributed by atoms with Crippen molar-refractivity contribution in [3.05, 3.63) is 99.5 Å². The number of rotatable bonds is 9. The fraction of sp³-hybridized carbons (Fsp3) is 0.222. The second kappa shape index (κ2) is 11.6. The molecule has 0 bridgehead atoms. The van der Waals surface area contributed by atoms with Crippen LogP contribution in [-0.4, -0.2) is 54.5 Å². The SMILES string of the molecule is CCNC(=O)[C@@H](Cc1ccccc1)N(Cc1ccc(Cl)c(Cl)c1)C(=O)CN1C(=O)c2ccccc2S1(=O)=O. The third-order valence-corrected chi connectivity index (χ3v) is 8.68. The molecular formula is C27H25Cl2N3O5S. The summed E-state index contributed by atoms with van der Waals surface area (Å²) in [6.45, 7) is 1.25. The molecule has 198 valence electrons. The molecule has 3 aromatic rings. The summed E-state index contributed by atoms with van der Waals surface area (Å²) in [5.41, 5.74) is 1.38. The van der Waals surface area contributed by atoms with Crippen LogP contribution in [-0.2, 0) is 32.6 Å². The number of hydrogen-bond acceptors (Lipinski definition) is 5. The van der Waals surface area contributed by atoms with Gasteiger partial charge in [0.25, 0.3) is 15.9 Å². The molecule has 0 unspecified atom stereocenters. The smallest absolute Gasteiger partial charge is 0.269 e. The van der Waals surface area contributed by atoms with Gasteiger partial charge in [0.2, 0.25) is 11.8 Å². The van der Waals surface area contributed by atoms with Gasteiger partial charge in [-0.3, -0.25) is 14.4 Å². The van der Waals surface area contributed by atoms with Crippen LogP contribution in [0, 0.1) is 0 Å². The highest BCUT2D eigenvalue weighted by molar-refractivity contribution is 7.90. The lowest BCUT2D eigenvalue weighted by Crippen LogP contribution is -2.53. The molecule has 0 spiro atoms. The van der Waals surface area contributed by atoms with Crippen molar-refractivity contribution in [3.8, 4) is 0 Å². The third kappa shape index (κ3) is 5.70. The van der Waals surface area contributed by atoms with Crippen LogP contribution in [0.5, 0.6) is 0 Å². The first-order chi connectivity index (χ1) is 18.1. The van der Waals surface area contributed by atoms with Crippen LogP contribution in [0.1, 0.15) is 28.4 Å². The van der Waals surface area contributed by atoms with E-state index in [2.05, 4.69) is 5.32 Å². The van der Waals surface area contributed by atoms with Crippen molar-refractivity contribution in [1.29, 1.82) is 0 Å². The largest absolute Gasteiger partial charge is 0.355 e. The third-order valence-electron chi connectivity index (χ3n) is 6.15. The molecule has 3 amide bonds. The van der Waals surface area contributed by atoms with Crippen molar-refractivity contribution in [1.82, 2.24) is 14.5 Å². The highest BCUT2D eigenvalue weighted by Crippen LogP contribution is 2.30. The van der Waals surface area contributed by atoms with Crippen molar-refractivity contribution in [2.24, 2.45) is 0 Å². The predicted octanol–water partition coefficient (Wildman–Crippen LogP) is 3.91. The lowest BCUT2D eigenvalue weighted by atomic mass is 10.0. The Morgan fingerprint density at radius 3 is 2.29 bits per heavy atom. The second-order valence-corrected chi connectivity index (χ2v) is 11.3. The van der Waals surface area contributed by atoms with E-state index >= 15 is 0 Å². The highest BCUT2D eigenvalue weighted by atomic mass is 35.5. The molecule has 0 aliphatic carbocycles. The molecule has 0 radical (unpaired) electrons. The van der Waals surface area contributed by atoms with Gasteiger partial charge >= 0.3 is 0 Å². The quantitative estimate of drug-likeness (QED) is 0.418. The van der Waals surface area contributed by atoms with Crippen molar-refractivity contribution in [2.45, 2.75) is 30.8 Å². The van der Waals surface area contributed by atoms with E-state index in [1.54, 1.807) is 31.2 Å². The van der Waals surface area contributed by atoms with Crippen molar-refractivity contribution >= 4 is 50.9 Å². The Bertz CT molecular complexity index is 1480. The zero-order chi connectivity index (χ0) is 27.4. The Kier molecular flexibility index (Phi) is 8.40. The molecule has 0 saturated carbocycles. The van der Waals surface area contributed by atoms with Crippen LogP contribution in [0.4, 0.5) is 0 Å². The number of hydrogen-bond donors (Lipinski definition) is 1. The number of sulfonamides is 1. The standard InChI is InChI=1S/C27H25Cl2N3O5S/c1-2-30-26(34)23(15-18-8-4-3-5-9-18)31(16-19-12-13-21(28)22(29)14-19)25(33)17-32-27(35)20-10-6-7-11-24(20)38(32,36)37/h3-14,23H,2,15-17H2,1H3,(H,30,34)/t23-/m1/s1. The van der Waals surface area contributed by atoms with E-state index in [9.17, 15) is 22.8 Å². The minimum atomic E-state index is -4.23. The molecule has 38 heavy (non-hydrogen) atoms. The lowest BCUT2D eigenvalue weighted by molar-refractivity contribution is -0.141. The van der Waals surface area contributed by atoms with E-state index in [4.69, 9.17) is 23.2 Å². The zero-order valence-corrected chi connectivity index (χ0v) is 22.8. The van der Waals surface area contributed by atoms with Gasteiger partial charge in [0, 0.05) is 19.5 Å². The molecule has 1 heterocycles. The molecule has 8 nitrogen and oxygen atoms in total. The van der Waals surface area contributed by atoms with Gasteiger partial charge in [-0.2, -0.15) is 0 Å². The molecule has 0 saturated heterocycles. The maximum atomic E-state index is 13.8. The average molecular weight is 574 g/mol. The van der Waals surface area contributed by atoms with E-state index < -0.39 is 40.3 Å². The van der Waals surface area contributed by atoms with Crippen LogP contribution in [0.15, 0.2) is 77.7 Å². The number of nitrogens with zero attached hydrogens (tertiary/aromatic N) is 2. The van der Waals surface area contributed by atoms with E-state index in [-0.39, 0.29) is 28.4 Å². The summed E-state index contributed by atoms with van der Waals surface area (Å²) in [5, 5.41) is 3.35. The van der Waals surface area contributed by atoms with E-state index in [0.717, 1.165) is 5.56 Å². The van der Waals surface area contributed by atoms with E-state index in [1.165, 1.54) is 23.1 Å². The van der Waals surface area contributed by atoms with Crippen LogP contribution >= 0.6 is 23.2 Å². The Labute approximate surface area is 231 Å². The maximum absolute atomic E-state index is 13.8. The first-order valence-electron chi connectivity index (χ1n) is 11.8. The lowest BCUT2D eigenvalue weighted by Gasteiger charge is -2.32. The Morgan fingerprint density at radius 1 is 0.947 bits per heavy atom. The fourth-order valence-electron chi connectivity index (χ4n) is 4.28. The van der Waals surface area contributed by atoms with E-state index in [0.29, 0.717) is 21.4 Å². The molecule has 11 heteroatoms. The van der Waals surface area contributed by atoms with Crippen LogP contribution < -0.4 is 5.32 Å². The highest BCUT2D eigenvalue weighted by Gasteiger charge is 2.43. The zero-order valence-electron chi connectivity index (χ0n) is 20.4. The summed E-state index contributed by atoms with van der Waals surface area (Å²) >= 11 is 12.3. The molecule has 1 atom stereocenters. The summed E-state index contributed by atoms with van der Waals surface area (Å²) in [7, 11) is -4.23. The number of amides is 3. The number of benzene rings is 3. The molecule has 0 aromatic heterocycles. The molecule has 1 N–H and O–H groups in total. The minimum absolute atomic E-state index is 0.000828. The van der Waals surface area contributed by atoms with Gasteiger partial charge in [-0.1, -0.05) is 71.7 Å². The first-order valence-corrected chi connectivity index (χ1v) is 14.0. The number of likely N-dealkylation sites (N-methyl/N-ethyl adjacent to an activating group) is 1. The molecule has 3 aromatic carbocycles. The van der Waals surface area contributed by atoms with Gasteiger partial charge in [0.05, 0.1) is 15.6 Å². The Hall–Kier alpha value is -3.40. The Balaban J connectivity index is 1.72.